The molecule has 146 valence electrons. The van der Waals surface area contributed by atoms with Gasteiger partial charge in [0.1, 0.15) is 11.8 Å². The highest BCUT2D eigenvalue weighted by molar-refractivity contribution is 5.90. The lowest BCUT2D eigenvalue weighted by Gasteiger charge is -2.24. The van der Waals surface area contributed by atoms with Crippen LogP contribution >= 0.6 is 0 Å². The Hall–Kier alpha value is -2.46. The number of nitrogens with two attached hydrogens (primary N) is 1. The first-order chi connectivity index (χ1) is 13.0. The maximum Gasteiger partial charge on any atom is 0.414 e. The molecule has 4 rings (SSSR count). The van der Waals surface area contributed by atoms with Crippen molar-refractivity contribution in [2.45, 2.75) is 12.5 Å². The summed E-state index contributed by atoms with van der Waals surface area (Å²) in [7, 11) is 0. The van der Waals surface area contributed by atoms with Crippen LogP contribution < -0.4 is 15.5 Å². The van der Waals surface area contributed by atoms with E-state index in [2.05, 4.69) is 0 Å². The fourth-order valence-electron chi connectivity index (χ4n) is 3.78. The number of amides is 2. The van der Waals surface area contributed by atoms with Gasteiger partial charge in [-0.25, -0.2) is 18.6 Å². The Bertz CT molecular complexity index is 754. The van der Waals surface area contributed by atoms with E-state index in [4.69, 9.17) is 10.5 Å². The molecule has 1 aromatic rings. The Morgan fingerprint density at radius 3 is 2.44 bits per heavy atom. The molecule has 8 nitrogen and oxygen atoms in total. The molecular formula is C17H21F2N5O3. The van der Waals surface area contributed by atoms with Crippen molar-refractivity contribution in [2.75, 3.05) is 55.6 Å². The van der Waals surface area contributed by atoms with E-state index in [0.29, 0.717) is 39.1 Å². The van der Waals surface area contributed by atoms with Crippen molar-refractivity contribution < 1.29 is 23.1 Å². The van der Waals surface area contributed by atoms with Gasteiger partial charge in [0.05, 0.1) is 18.8 Å². The van der Waals surface area contributed by atoms with Crippen LogP contribution in [0.1, 0.15) is 6.42 Å². The molecule has 3 fully saturated rings. The van der Waals surface area contributed by atoms with Crippen LogP contribution in [-0.4, -0.2) is 73.9 Å². The number of rotatable bonds is 3. The molecule has 0 bridgehead atoms. The van der Waals surface area contributed by atoms with Crippen LogP contribution in [0.4, 0.5) is 25.0 Å². The molecule has 0 aliphatic carbocycles. The van der Waals surface area contributed by atoms with E-state index in [-0.39, 0.29) is 30.4 Å². The third kappa shape index (κ3) is 3.19. The van der Waals surface area contributed by atoms with Gasteiger partial charge in [-0.3, -0.25) is 14.7 Å². The summed E-state index contributed by atoms with van der Waals surface area (Å²) in [5, 5.41) is 3.57. The van der Waals surface area contributed by atoms with Crippen molar-refractivity contribution in [3.05, 3.63) is 23.8 Å². The SMILES string of the molecule is NC[C@H]1CN(c2cc(F)c(N3CCN4CCC(=O)N4CC3)c(F)c2)C(=O)O1. The number of hydrogen-bond donors (Lipinski definition) is 1. The van der Waals surface area contributed by atoms with Gasteiger partial charge in [0.15, 0.2) is 11.6 Å². The predicted octanol–water partition coefficient (Wildman–Crippen LogP) is 0.518. The smallest absolute Gasteiger partial charge is 0.414 e. The molecule has 10 heteroatoms. The van der Waals surface area contributed by atoms with E-state index < -0.39 is 23.8 Å². The van der Waals surface area contributed by atoms with Crippen LogP contribution in [0, 0.1) is 11.6 Å². The van der Waals surface area contributed by atoms with E-state index >= 15 is 0 Å². The summed E-state index contributed by atoms with van der Waals surface area (Å²) in [6.07, 6.45) is -0.680. The second-order valence-electron chi connectivity index (χ2n) is 6.82. The summed E-state index contributed by atoms with van der Waals surface area (Å²) in [6.45, 7) is 2.57. The van der Waals surface area contributed by atoms with Crippen molar-refractivity contribution in [3.63, 3.8) is 0 Å². The van der Waals surface area contributed by atoms with Gasteiger partial charge >= 0.3 is 6.09 Å². The number of ether oxygens (including phenoxy) is 1. The first-order valence-corrected chi connectivity index (χ1v) is 8.95. The lowest BCUT2D eigenvalue weighted by Crippen LogP contribution is -2.39. The average Bonchev–Trinajstić information content (AvgIpc) is 3.11. The molecule has 3 heterocycles. The maximum atomic E-state index is 14.8. The largest absolute Gasteiger partial charge is 0.443 e. The lowest BCUT2D eigenvalue weighted by atomic mass is 10.2. The summed E-state index contributed by atoms with van der Waals surface area (Å²) in [6, 6.07) is 2.27. The number of benzene rings is 1. The molecule has 0 unspecified atom stereocenters. The van der Waals surface area contributed by atoms with E-state index in [1.54, 1.807) is 9.91 Å². The quantitative estimate of drug-likeness (QED) is 0.822. The zero-order valence-corrected chi connectivity index (χ0v) is 14.7. The van der Waals surface area contributed by atoms with Crippen molar-refractivity contribution in [3.8, 4) is 0 Å². The maximum absolute atomic E-state index is 14.8. The molecular weight excluding hydrogens is 360 g/mol. The molecule has 3 aliphatic heterocycles. The zero-order chi connectivity index (χ0) is 19.1. The molecule has 27 heavy (non-hydrogen) atoms. The average molecular weight is 381 g/mol. The number of fused-ring (bicyclic) bond motifs is 1. The molecule has 0 radical (unpaired) electrons. The molecule has 2 amide bonds. The molecule has 2 N–H and O–H groups in total. The van der Waals surface area contributed by atoms with Crippen LogP contribution in [0.5, 0.6) is 0 Å². The Morgan fingerprint density at radius 1 is 1.07 bits per heavy atom. The van der Waals surface area contributed by atoms with Crippen LogP contribution in [0.3, 0.4) is 0 Å². The van der Waals surface area contributed by atoms with E-state index in [9.17, 15) is 18.4 Å². The highest BCUT2D eigenvalue weighted by atomic mass is 19.1. The van der Waals surface area contributed by atoms with Crippen LogP contribution in [0.15, 0.2) is 12.1 Å². The topological polar surface area (TPSA) is 82.4 Å². The van der Waals surface area contributed by atoms with Gasteiger partial charge < -0.3 is 15.4 Å². The van der Waals surface area contributed by atoms with Crippen LogP contribution in [0.25, 0.3) is 0 Å². The number of hydrazine groups is 1. The second kappa shape index (κ2) is 6.93. The van der Waals surface area contributed by atoms with E-state index in [0.717, 1.165) is 12.1 Å². The number of hydrogen-bond acceptors (Lipinski definition) is 6. The standard InChI is InChI=1S/C17H21F2N5O3/c18-13-7-11(23-10-12(9-20)27-17(23)26)8-14(19)16(13)21-3-5-22-2-1-15(25)24(22)6-4-21/h7-8,12H,1-6,9-10,20H2/t12-/m0/s1. The Balaban J connectivity index is 1.56. The summed E-state index contributed by atoms with van der Waals surface area (Å²) < 4.78 is 34.6. The van der Waals surface area contributed by atoms with Gasteiger partial charge in [0.25, 0.3) is 0 Å². The summed E-state index contributed by atoms with van der Waals surface area (Å²) in [5.74, 6) is -1.47. The fraction of sp³-hybridized carbons (Fsp3) is 0.529. The summed E-state index contributed by atoms with van der Waals surface area (Å²) >= 11 is 0. The number of halogens is 2. The normalized spacial score (nSPS) is 23.7. The minimum atomic E-state index is -0.752. The number of nitrogens with zero attached hydrogens (tertiary/aromatic N) is 4. The number of cyclic esters (lactones) is 1. The Morgan fingerprint density at radius 2 is 1.78 bits per heavy atom. The molecule has 1 aromatic carbocycles. The second-order valence-corrected chi connectivity index (χ2v) is 6.82. The van der Waals surface area contributed by atoms with Gasteiger partial charge in [-0.1, -0.05) is 0 Å². The summed E-state index contributed by atoms with van der Waals surface area (Å²) in [5.41, 5.74) is 5.45. The third-order valence-electron chi connectivity index (χ3n) is 5.19. The minimum Gasteiger partial charge on any atom is -0.443 e. The van der Waals surface area contributed by atoms with Crippen molar-refractivity contribution >= 4 is 23.4 Å². The van der Waals surface area contributed by atoms with Gasteiger partial charge in [0.2, 0.25) is 5.91 Å². The monoisotopic (exact) mass is 381 g/mol. The summed E-state index contributed by atoms with van der Waals surface area (Å²) in [4.78, 5) is 26.5. The van der Waals surface area contributed by atoms with Crippen LogP contribution in [-0.2, 0) is 9.53 Å². The van der Waals surface area contributed by atoms with E-state index in [1.807, 2.05) is 5.01 Å². The Kier molecular flexibility index (Phi) is 4.60. The van der Waals surface area contributed by atoms with Gasteiger partial charge in [-0.15, -0.1) is 0 Å². The molecule has 0 aromatic heterocycles. The van der Waals surface area contributed by atoms with Crippen molar-refractivity contribution in [1.82, 2.24) is 10.0 Å². The lowest BCUT2D eigenvalue weighted by molar-refractivity contribution is -0.136. The Labute approximate surface area is 155 Å². The molecule has 0 saturated carbocycles. The van der Waals surface area contributed by atoms with Gasteiger partial charge in [0, 0.05) is 51.3 Å². The van der Waals surface area contributed by atoms with Crippen LogP contribution in [0.2, 0.25) is 0 Å². The van der Waals surface area contributed by atoms with E-state index in [1.165, 1.54) is 4.90 Å². The first-order valence-electron chi connectivity index (χ1n) is 8.95. The highest BCUT2D eigenvalue weighted by Crippen LogP contribution is 2.31. The minimum absolute atomic E-state index is 0.0372. The van der Waals surface area contributed by atoms with Gasteiger partial charge in [-0.2, -0.15) is 0 Å². The van der Waals surface area contributed by atoms with Crippen molar-refractivity contribution in [1.29, 1.82) is 0 Å². The molecule has 3 aliphatic rings. The highest BCUT2D eigenvalue weighted by Gasteiger charge is 2.35. The molecule has 3 saturated heterocycles. The fourth-order valence-corrected chi connectivity index (χ4v) is 3.78. The third-order valence-corrected chi connectivity index (χ3v) is 5.19. The number of carbonyl (C=O) groups excluding carboxylic acids is 2. The molecule has 0 spiro atoms. The van der Waals surface area contributed by atoms with Gasteiger partial charge in [-0.05, 0) is 0 Å². The number of carbonyl (C=O) groups is 2. The number of anilines is 2. The first kappa shape index (κ1) is 17.9. The molecule has 1 atom stereocenters. The zero-order valence-electron chi connectivity index (χ0n) is 14.7. The predicted molar refractivity (Wildman–Crippen MR) is 93.1 cm³/mol. The van der Waals surface area contributed by atoms with Crippen molar-refractivity contribution in [2.24, 2.45) is 5.73 Å².